The molecule has 0 saturated carbocycles. The molecule has 0 aromatic carbocycles. The van der Waals surface area contributed by atoms with Crippen LogP contribution in [-0.4, -0.2) is 16.5 Å². The number of aromatic amines is 1. The van der Waals surface area contributed by atoms with Crippen molar-refractivity contribution < 1.29 is 0 Å². The maximum Gasteiger partial charge on any atom is 0.200 e. The molecule has 0 atom stereocenters. The van der Waals surface area contributed by atoms with Gasteiger partial charge < -0.3 is 10.7 Å². The first kappa shape index (κ1) is 6.48. The lowest BCUT2D eigenvalue weighted by Gasteiger charge is -1.89. The van der Waals surface area contributed by atoms with Gasteiger partial charge in [-0.1, -0.05) is 12.2 Å². The first-order valence-electron chi connectivity index (χ1n) is 3.18. The summed E-state index contributed by atoms with van der Waals surface area (Å²) in [5.74, 6) is 0.327. The van der Waals surface area contributed by atoms with E-state index in [9.17, 15) is 0 Å². The number of aromatic nitrogens is 2. The van der Waals surface area contributed by atoms with Crippen LogP contribution in [0.2, 0.25) is 0 Å². The van der Waals surface area contributed by atoms with E-state index in [1.807, 2.05) is 6.08 Å². The van der Waals surface area contributed by atoms with Crippen molar-refractivity contribution in [2.75, 3.05) is 12.3 Å². The van der Waals surface area contributed by atoms with E-state index in [-0.39, 0.29) is 0 Å². The summed E-state index contributed by atoms with van der Waals surface area (Å²) in [6.07, 6.45) is 1.93. The number of nitrogen functional groups attached to an aromatic ring is 1. The van der Waals surface area contributed by atoms with Gasteiger partial charge in [0.1, 0.15) is 10.1 Å². The molecule has 3 N–H and O–H groups in total. The average molecular weight is 166 g/mol. The van der Waals surface area contributed by atoms with Crippen LogP contribution >= 0.6 is 12.2 Å². The third-order valence-electron chi connectivity index (χ3n) is 1.50. The van der Waals surface area contributed by atoms with Gasteiger partial charge in [0.25, 0.3) is 0 Å². The van der Waals surface area contributed by atoms with Crippen LogP contribution < -0.4 is 16.4 Å². The summed E-state index contributed by atoms with van der Waals surface area (Å²) < 4.78 is 0.525. The van der Waals surface area contributed by atoms with Crippen molar-refractivity contribution in [2.24, 2.45) is 4.99 Å². The molecule has 1 aromatic heterocycles. The number of nitrogens with zero attached hydrogens (tertiary/aromatic N) is 2. The molecule has 0 bridgehead atoms. The highest BCUT2D eigenvalue weighted by atomic mass is 32.1. The van der Waals surface area contributed by atoms with E-state index in [1.165, 1.54) is 0 Å². The van der Waals surface area contributed by atoms with Crippen LogP contribution in [0.25, 0.3) is 6.08 Å². The zero-order valence-electron chi connectivity index (χ0n) is 5.66. The van der Waals surface area contributed by atoms with Gasteiger partial charge in [0.15, 0.2) is 5.95 Å². The van der Waals surface area contributed by atoms with Crippen molar-refractivity contribution >= 4 is 24.2 Å². The van der Waals surface area contributed by atoms with Crippen LogP contribution in [0.15, 0.2) is 4.99 Å². The number of fused-ring (bicyclic) bond motifs is 1. The molecule has 0 saturated heterocycles. The second kappa shape index (κ2) is 2.13. The molecule has 0 radical (unpaired) electrons. The van der Waals surface area contributed by atoms with Gasteiger partial charge in [-0.15, -0.1) is 0 Å². The molecule has 1 aliphatic heterocycles. The molecule has 0 amide bonds. The normalized spacial score (nSPS) is 13.5. The molecule has 1 aromatic rings. The summed E-state index contributed by atoms with van der Waals surface area (Å²) in [5.41, 5.74) is 6.18. The van der Waals surface area contributed by atoms with E-state index >= 15 is 0 Å². The lowest BCUT2D eigenvalue weighted by molar-refractivity contribution is 1.04. The van der Waals surface area contributed by atoms with Crippen molar-refractivity contribution in [3.63, 3.8) is 0 Å². The maximum absolute atomic E-state index is 5.42. The minimum atomic E-state index is 0.327. The summed E-state index contributed by atoms with van der Waals surface area (Å²) in [6, 6.07) is 0. The van der Waals surface area contributed by atoms with E-state index < -0.39 is 0 Å². The molecule has 1 aliphatic rings. The third kappa shape index (κ3) is 0.932. The Morgan fingerprint density at radius 1 is 1.64 bits per heavy atom. The summed E-state index contributed by atoms with van der Waals surface area (Å²) in [6.45, 7) is 0.667. The first-order chi connectivity index (χ1) is 5.27. The molecule has 11 heavy (non-hydrogen) atoms. The first-order valence-corrected chi connectivity index (χ1v) is 3.59. The van der Waals surface area contributed by atoms with Crippen LogP contribution in [0.5, 0.6) is 0 Å². The predicted molar refractivity (Wildman–Crippen MR) is 43.9 cm³/mol. The van der Waals surface area contributed by atoms with E-state index in [0.29, 0.717) is 17.1 Å². The lowest BCUT2D eigenvalue weighted by atomic mass is 10.4. The number of anilines is 1. The fraction of sp³-hybridized carbons (Fsp3) is 0.167. The Morgan fingerprint density at radius 3 is 3.27 bits per heavy atom. The fourth-order valence-corrected chi connectivity index (χ4v) is 1.30. The van der Waals surface area contributed by atoms with Crippen LogP contribution in [0.3, 0.4) is 0 Å². The van der Waals surface area contributed by atoms with Crippen molar-refractivity contribution in [1.82, 2.24) is 9.97 Å². The van der Waals surface area contributed by atoms with Gasteiger partial charge in [-0.3, -0.25) is 4.99 Å². The maximum atomic E-state index is 5.42. The quantitative estimate of drug-likeness (QED) is 0.493. The molecule has 2 heterocycles. The Labute approximate surface area is 67.5 Å². The van der Waals surface area contributed by atoms with E-state index in [2.05, 4.69) is 15.0 Å². The Kier molecular flexibility index (Phi) is 1.25. The molecule has 0 spiro atoms. The summed E-state index contributed by atoms with van der Waals surface area (Å²) in [5, 5.41) is 0.897. The van der Waals surface area contributed by atoms with Gasteiger partial charge in [0.2, 0.25) is 0 Å². The lowest BCUT2D eigenvalue weighted by Crippen LogP contribution is -2.28. The predicted octanol–water partition coefficient (Wildman–Crippen LogP) is -0.865. The highest BCUT2D eigenvalue weighted by molar-refractivity contribution is 7.71. The molecular formula is C6H6N4S. The van der Waals surface area contributed by atoms with Crippen molar-refractivity contribution in [3.05, 3.63) is 15.3 Å². The summed E-state index contributed by atoms with van der Waals surface area (Å²) in [4.78, 5) is 10.8. The van der Waals surface area contributed by atoms with Crippen LogP contribution in [0.4, 0.5) is 5.95 Å². The Morgan fingerprint density at radius 2 is 2.45 bits per heavy atom. The highest BCUT2D eigenvalue weighted by Crippen LogP contribution is 1.83. The minimum Gasteiger partial charge on any atom is -0.369 e. The average Bonchev–Trinajstić information content (AvgIpc) is 2.34. The van der Waals surface area contributed by atoms with Gasteiger partial charge in [0, 0.05) is 0 Å². The largest absolute Gasteiger partial charge is 0.369 e. The van der Waals surface area contributed by atoms with Gasteiger partial charge in [0.05, 0.1) is 11.8 Å². The molecule has 0 unspecified atom stereocenters. The zero-order valence-corrected chi connectivity index (χ0v) is 6.48. The van der Waals surface area contributed by atoms with Crippen LogP contribution in [0.1, 0.15) is 0 Å². The second-order valence-electron chi connectivity index (χ2n) is 2.23. The molecule has 0 fully saturated rings. The Balaban J connectivity index is 3.05. The van der Waals surface area contributed by atoms with Crippen LogP contribution in [0, 0.1) is 4.64 Å². The SMILES string of the molecule is Nc1nc(=S)c2c([nH]1)=NCC=2. The van der Waals surface area contributed by atoms with Gasteiger partial charge >= 0.3 is 0 Å². The van der Waals surface area contributed by atoms with Gasteiger partial charge in [-0.25, -0.2) is 4.98 Å². The molecular weight excluding hydrogens is 160 g/mol. The number of nitrogens with one attached hydrogen (secondary N) is 1. The van der Waals surface area contributed by atoms with E-state index in [0.717, 1.165) is 10.7 Å². The van der Waals surface area contributed by atoms with E-state index in [4.69, 9.17) is 18.0 Å². The Bertz CT molecular complexity index is 458. The monoisotopic (exact) mass is 166 g/mol. The smallest absolute Gasteiger partial charge is 0.200 e. The Hall–Kier alpha value is -1.23. The van der Waals surface area contributed by atoms with E-state index in [1.54, 1.807) is 0 Å². The fourth-order valence-electron chi connectivity index (χ4n) is 1.02. The summed E-state index contributed by atoms with van der Waals surface area (Å²) in [7, 11) is 0. The molecule has 4 nitrogen and oxygen atoms in total. The van der Waals surface area contributed by atoms with Crippen LogP contribution in [-0.2, 0) is 0 Å². The number of hydrogen-bond donors (Lipinski definition) is 2. The number of rotatable bonds is 0. The molecule has 0 aliphatic carbocycles. The molecule has 5 heteroatoms. The third-order valence-corrected chi connectivity index (χ3v) is 1.81. The van der Waals surface area contributed by atoms with Gasteiger partial charge in [-0.05, 0) is 6.08 Å². The van der Waals surface area contributed by atoms with Crippen molar-refractivity contribution in [1.29, 1.82) is 0 Å². The zero-order chi connectivity index (χ0) is 7.84. The standard InChI is InChI=1S/C6H6N4S/c7-6-9-4-3(1-2-8-4)5(11)10-6/h1H,2H2,(H3,7,8,9,10,11). The number of H-pyrrole nitrogens is 1. The molecule has 56 valence electrons. The van der Waals surface area contributed by atoms with Crippen molar-refractivity contribution in [2.45, 2.75) is 0 Å². The number of nitrogens with two attached hydrogens (primary N) is 1. The summed E-state index contributed by atoms with van der Waals surface area (Å²) >= 11 is 4.96. The molecule has 2 rings (SSSR count). The highest BCUT2D eigenvalue weighted by Gasteiger charge is 1.97. The topological polar surface area (TPSA) is 67.1 Å². The number of hydrogen-bond acceptors (Lipinski definition) is 4. The minimum absolute atomic E-state index is 0.327. The van der Waals surface area contributed by atoms with Crippen molar-refractivity contribution in [3.8, 4) is 0 Å². The second-order valence-corrected chi connectivity index (χ2v) is 2.62. The van der Waals surface area contributed by atoms with Gasteiger partial charge in [-0.2, -0.15) is 0 Å².